The van der Waals surface area contributed by atoms with Gasteiger partial charge >= 0.3 is 0 Å². The number of carbonyl (C=O) groups is 2. The van der Waals surface area contributed by atoms with Gasteiger partial charge in [-0.2, -0.15) is 5.10 Å². The Balaban J connectivity index is 1.40. The summed E-state index contributed by atoms with van der Waals surface area (Å²) in [5.41, 5.74) is 2.31. The highest BCUT2D eigenvalue weighted by Gasteiger charge is 2.10. The molecule has 4 rings (SSSR count). The predicted molar refractivity (Wildman–Crippen MR) is 111 cm³/mol. The van der Waals surface area contributed by atoms with Crippen LogP contribution in [0.25, 0.3) is 5.82 Å². The van der Waals surface area contributed by atoms with E-state index in [9.17, 15) is 9.59 Å². The van der Waals surface area contributed by atoms with Crippen molar-refractivity contribution in [2.75, 3.05) is 5.32 Å². The number of pyridine rings is 2. The van der Waals surface area contributed by atoms with E-state index in [4.69, 9.17) is 0 Å². The number of amides is 2. The number of nitrogens with zero attached hydrogens (tertiary/aromatic N) is 4. The molecule has 4 aromatic rings. The van der Waals surface area contributed by atoms with Crippen molar-refractivity contribution in [2.24, 2.45) is 0 Å². The van der Waals surface area contributed by atoms with Crippen molar-refractivity contribution in [3.63, 3.8) is 0 Å². The van der Waals surface area contributed by atoms with Gasteiger partial charge in [0.05, 0.1) is 5.56 Å². The second-order valence-electron chi connectivity index (χ2n) is 6.43. The van der Waals surface area contributed by atoms with Crippen LogP contribution in [0.3, 0.4) is 0 Å². The van der Waals surface area contributed by atoms with E-state index in [1.807, 2.05) is 18.2 Å². The molecule has 0 atom stereocenters. The van der Waals surface area contributed by atoms with Crippen LogP contribution in [0.4, 0.5) is 5.69 Å². The standard InChI is InChI=1S/C22H18N6O2/c29-21(25-14-16-7-10-24-20(12-16)28-11-3-9-26-28)17-4-1-6-19(13-17)27-22(30)18-5-2-8-23-15-18/h1-13,15H,14H2,(H,25,29)(H,27,30). The fourth-order valence-electron chi connectivity index (χ4n) is 2.82. The van der Waals surface area contributed by atoms with Gasteiger partial charge in [0.1, 0.15) is 0 Å². The Morgan fingerprint density at radius 1 is 0.900 bits per heavy atom. The fraction of sp³-hybridized carbons (Fsp3) is 0.0455. The van der Waals surface area contributed by atoms with Gasteiger partial charge in [0, 0.05) is 48.8 Å². The maximum absolute atomic E-state index is 12.6. The first kappa shape index (κ1) is 19.0. The molecule has 3 heterocycles. The zero-order valence-corrected chi connectivity index (χ0v) is 15.9. The Morgan fingerprint density at radius 3 is 2.60 bits per heavy atom. The molecule has 2 amide bonds. The van der Waals surface area contributed by atoms with Gasteiger partial charge in [-0.25, -0.2) is 9.67 Å². The highest BCUT2D eigenvalue weighted by atomic mass is 16.2. The third-order valence-corrected chi connectivity index (χ3v) is 4.31. The molecule has 0 radical (unpaired) electrons. The van der Waals surface area contributed by atoms with Crippen molar-refractivity contribution in [1.29, 1.82) is 0 Å². The minimum atomic E-state index is -0.288. The Bertz CT molecular complexity index is 1160. The zero-order chi connectivity index (χ0) is 20.8. The maximum atomic E-state index is 12.6. The van der Waals surface area contributed by atoms with Gasteiger partial charge in [-0.3, -0.25) is 14.6 Å². The minimum absolute atomic E-state index is 0.245. The molecule has 0 saturated carbocycles. The topological polar surface area (TPSA) is 102 Å². The van der Waals surface area contributed by atoms with Crippen LogP contribution >= 0.6 is 0 Å². The molecule has 0 saturated heterocycles. The first-order valence-corrected chi connectivity index (χ1v) is 9.23. The fourth-order valence-corrected chi connectivity index (χ4v) is 2.82. The largest absolute Gasteiger partial charge is 0.348 e. The second kappa shape index (κ2) is 8.78. The Labute approximate surface area is 172 Å². The lowest BCUT2D eigenvalue weighted by molar-refractivity contribution is 0.0949. The van der Waals surface area contributed by atoms with Crippen LogP contribution < -0.4 is 10.6 Å². The molecule has 0 aliphatic heterocycles. The molecule has 2 N–H and O–H groups in total. The number of aromatic nitrogens is 4. The third-order valence-electron chi connectivity index (χ3n) is 4.31. The van der Waals surface area contributed by atoms with E-state index < -0.39 is 0 Å². The summed E-state index contributed by atoms with van der Waals surface area (Å²) < 4.78 is 1.65. The molecule has 3 aromatic heterocycles. The highest BCUT2D eigenvalue weighted by Crippen LogP contribution is 2.13. The molecule has 148 valence electrons. The second-order valence-corrected chi connectivity index (χ2v) is 6.43. The van der Waals surface area contributed by atoms with Crippen molar-refractivity contribution in [3.05, 3.63) is 102 Å². The summed E-state index contributed by atoms with van der Waals surface area (Å²) in [4.78, 5) is 33.1. The molecule has 1 aromatic carbocycles. The summed E-state index contributed by atoms with van der Waals surface area (Å²) in [5.74, 6) is 0.139. The van der Waals surface area contributed by atoms with Crippen molar-refractivity contribution in [2.45, 2.75) is 6.54 Å². The van der Waals surface area contributed by atoms with Gasteiger partial charge in [0.15, 0.2) is 5.82 Å². The van der Waals surface area contributed by atoms with Crippen LogP contribution in [-0.4, -0.2) is 31.6 Å². The molecule has 8 nitrogen and oxygen atoms in total. The number of hydrogen-bond acceptors (Lipinski definition) is 5. The van der Waals surface area contributed by atoms with Crippen LogP contribution in [-0.2, 0) is 6.54 Å². The van der Waals surface area contributed by atoms with E-state index in [1.165, 1.54) is 6.20 Å². The van der Waals surface area contributed by atoms with Gasteiger partial charge in [-0.1, -0.05) is 6.07 Å². The number of rotatable bonds is 6. The van der Waals surface area contributed by atoms with Gasteiger partial charge in [-0.15, -0.1) is 0 Å². The van der Waals surface area contributed by atoms with E-state index in [2.05, 4.69) is 25.7 Å². The van der Waals surface area contributed by atoms with E-state index >= 15 is 0 Å². The number of nitrogens with one attached hydrogen (secondary N) is 2. The molecule has 0 aliphatic carbocycles. The molecule has 0 fully saturated rings. The number of benzene rings is 1. The molecule has 8 heteroatoms. The molecule has 0 aliphatic rings. The van der Waals surface area contributed by atoms with E-state index in [1.54, 1.807) is 65.9 Å². The molecule has 0 spiro atoms. The van der Waals surface area contributed by atoms with Gasteiger partial charge in [0.25, 0.3) is 11.8 Å². The lowest BCUT2D eigenvalue weighted by Crippen LogP contribution is -2.23. The average molecular weight is 398 g/mol. The molecular formula is C22H18N6O2. The SMILES string of the molecule is O=C(NCc1ccnc(-n2cccn2)c1)c1cccc(NC(=O)c2cccnc2)c1. The molecule has 0 unspecified atom stereocenters. The first-order chi connectivity index (χ1) is 14.7. The molecule has 0 bridgehead atoms. The van der Waals surface area contributed by atoms with Crippen molar-refractivity contribution in [1.82, 2.24) is 25.1 Å². The smallest absolute Gasteiger partial charge is 0.257 e. The van der Waals surface area contributed by atoms with E-state index in [0.717, 1.165) is 5.56 Å². The maximum Gasteiger partial charge on any atom is 0.257 e. The Kier molecular flexibility index (Phi) is 5.56. The van der Waals surface area contributed by atoms with Gasteiger partial charge in [-0.05, 0) is 54.1 Å². The Morgan fingerprint density at radius 2 is 1.80 bits per heavy atom. The number of hydrogen-bond donors (Lipinski definition) is 2. The molecule has 30 heavy (non-hydrogen) atoms. The summed E-state index contributed by atoms with van der Waals surface area (Å²) in [6, 6.07) is 15.6. The van der Waals surface area contributed by atoms with Crippen LogP contribution in [0.15, 0.2) is 85.6 Å². The van der Waals surface area contributed by atoms with Crippen LogP contribution in [0.2, 0.25) is 0 Å². The minimum Gasteiger partial charge on any atom is -0.348 e. The van der Waals surface area contributed by atoms with Crippen molar-refractivity contribution >= 4 is 17.5 Å². The highest BCUT2D eigenvalue weighted by molar-refractivity contribution is 6.04. The summed E-state index contributed by atoms with van der Waals surface area (Å²) in [6.45, 7) is 0.335. The van der Waals surface area contributed by atoms with Crippen molar-refractivity contribution in [3.8, 4) is 5.82 Å². The van der Waals surface area contributed by atoms with E-state index in [-0.39, 0.29) is 11.8 Å². The summed E-state index contributed by atoms with van der Waals surface area (Å²) in [7, 11) is 0. The predicted octanol–water partition coefficient (Wildman–Crippen LogP) is 2.84. The zero-order valence-electron chi connectivity index (χ0n) is 15.9. The normalized spacial score (nSPS) is 10.4. The summed E-state index contributed by atoms with van der Waals surface area (Å²) in [5, 5.41) is 9.81. The molecular weight excluding hydrogens is 380 g/mol. The quantitative estimate of drug-likeness (QED) is 0.520. The lowest BCUT2D eigenvalue weighted by Gasteiger charge is -2.09. The van der Waals surface area contributed by atoms with Crippen LogP contribution in [0, 0.1) is 0 Å². The average Bonchev–Trinajstić information content (AvgIpc) is 3.33. The van der Waals surface area contributed by atoms with Gasteiger partial charge < -0.3 is 10.6 Å². The van der Waals surface area contributed by atoms with Crippen molar-refractivity contribution < 1.29 is 9.59 Å². The van der Waals surface area contributed by atoms with Crippen LogP contribution in [0.5, 0.6) is 0 Å². The van der Waals surface area contributed by atoms with Gasteiger partial charge in [0.2, 0.25) is 0 Å². The Hall–Kier alpha value is -4.33. The first-order valence-electron chi connectivity index (χ1n) is 9.23. The third kappa shape index (κ3) is 4.56. The monoisotopic (exact) mass is 398 g/mol. The summed E-state index contributed by atoms with van der Waals surface area (Å²) >= 11 is 0. The number of anilines is 1. The number of carbonyl (C=O) groups excluding carboxylic acids is 2. The lowest BCUT2D eigenvalue weighted by atomic mass is 10.1. The van der Waals surface area contributed by atoms with E-state index in [0.29, 0.717) is 29.2 Å². The van der Waals surface area contributed by atoms with Crippen LogP contribution in [0.1, 0.15) is 26.3 Å². The summed E-state index contributed by atoms with van der Waals surface area (Å²) in [6.07, 6.45) is 8.24.